The van der Waals surface area contributed by atoms with Gasteiger partial charge in [0.25, 0.3) is 8.32 Å². The number of aliphatic hydroxyl groups is 1. The number of hydrogen-bond donors (Lipinski definition) is 2. The summed E-state index contributed by atoms with van der Waals surface area (Å²) >= 11 is 0. The van der Waals surface area contributed by atoms with E-state index in [1.54, 1.807) is 24.3 Å². The minimum atomic E-state index is -2.84. The number of carbonyl (C=O) groups is 1. The monoisotopic (exact) mass is 595 g/mol. The SMILES string of the molecule is CC(C)(C)[Si](OC[C@H]1N[C@@H](CO)[C@@H](OC(=O)c2ccccc2)[C@@H]1OCc1ccccc1)(c1ccccc1)c1ccccc1. The van der Waals surface area contributed by atoms with E-state index in [0.717, 1.165) is 5.56 Å². The zero-order valence-corrected chi connectivity index (χ0v) is 26.1. The van der Waals surface area contributed by atoms with E-state index in [4.69, 9.17) is 13.9 Å². The Bertz CT molecular complexity index is 1390. The lowest BCUT2D eigenvalue weighted by Gasteiger charge is -2.43. The highest BCUT2D eigenvalue weighted by molar-refractivity contribution is 6.99. The van der Waals surface area contributed by atoms with Gasteiger partial charge in [0.15, 0.2) is 0 Å². The van der Waals surface area contributed by atoms with Crippen molar-refractivity contribution in [2.45, 2.75) is 56.7 Å². The van der Waals surface area contributed by atoms with Crippen molar-refractivity contribution in [1.82, 2.24) is 5.32 Å². The van der Waals surface area contributed by atoms with Crippen molar-refractivity contribution in [2.75, 3.05) is 13.2 Å². The Labute approximate surface area is 255 Å². The third-order valence-corrected chi connectivity index (χ3v) is 13.2. The van der Waals surface area contributed by atoms with Crippen LogP contribution in [0.5, 0.6) is 0 Å². The average molecular weight is 596 g/mol. The Hall–Kier alpha value is -3.59. The second-order valence-corrected chi connectivity index (χ2v) is 16.3. The van der Waals surface area contributed by atoms with Crippen molar-refractivity contribution in [3.63, 3.8) is 0 Å². The zero-order valence-electron chi connectivity index (χ0n) is 25.1. The minimum Gasteiger partial charge on any atom is -0.454 e. The Morgan fingerprint density at radius 1 is 0.744 bits per heavy atom. The van der Waals surface area contributed by atoms with E-state index >= 15 is 0 Å². The number of aliphatic hydroxyl groups excluding tert-OH is 1. The van der Waals surface area contributed by atoms with Gasteiger partial charge in [-0.2, -0.15) is 0 Å². The molecule has 0 aromatic heterocycles. The van der Waals surface area contributed by atoms with Gasteiger partial charge in [0, 0.05) is 0 Å². The summed E-state index contributed by atoms with van der Waals surface area (Å²) in [5, 5.41) is 16.1. The van der Waals surface area contributed by atoms with Crippen LogP contribution in [0.1, 0.15) is 36.7 Å². The first kappa shape index (κ1) is 30.9. The van der Waals surface area contributed by atoms with E-state index in [1.165, 1.54) is 10.4 Å². The molecule has 5 rings (SSSR count). The van der Waals surface area contributed by atoms with Gasteiger partial charge in [-0.15, -0.1) is 0 Å². The van der Waals surface area contributed by atoms with Crippen LogP contribution in [0.2, 0.25) is 5.04 Å². The number of carbonyl (C=O) groups excluding carboxylic acids is 1. The summed E-state index contributed by atoms with van der Waals surface area (Å²) in [5.74, 6) is -0.451. The summed E-state index contributed by atoms with van der Waals surface area (Å²) in [6.45, 7) is 7.15. The highest BCUT2D eigenvalue weighted by atomic mass is 28.4. The van der Waals surface area contributed by atoms with Gasteiger partial charge in [0.1, 0.15) is 12.2 Å². The van der Waals surface area contributed by atoms with Gasteiger partial charge in [-0.1, -0.05) is 130 Å². The van der Waals surface area contributed by atoms with Crippen molar-refractivity contribution in [2.24, 2.45) is 0 Å². The van der Waals surface area contributed by atoms with Gasteiger partial charge in [0.05, 0.1) is 37.5 Å². The van der Waals surface area contributed by atoms with E-state index in [1.807, 2.05) is 48.5 Å². The van der Waals surface area contributed by atoms with Crippen LogP contribution in [0.25, 0.3) is 0 Å². The first-order chi connectivity index (χ1) is 20.8. The van der Waals surface area contributed by atoms with Crippen molar-refractivity contribution in [1.29, 1.82) is 0 Å². The molecule has 1 saturated heterocycles. The van der Waals surface area contributed by atoms with Gasteiger partial charge in [-0.3, -0.25) is 0 Å². The predicted octanol–water partition coefficient (Wildman–Crippen LogP) is 4.71. The maximum Gasteiger partial charge on any atom is 0.338 e. The number of esters is 1. The topological polar surface area (TPSA) is 77.0 Å². The van der Waals surface area contributed by atoms with Crippen molar-refractivity contribution in [3.05, 3.63) is 132 Å². The molecule has 1 heterocycles. The Balaban J connectivity index is 1.48. The first-order valence-corrected chi connectivity index (χ1v) is 16.8. The Morgan fingerprint density at radius 2 is 1.26 bits per heavy atom. The van der Waals surface area contributed by atoms with Gasteiger partial charge >= 0.3 is 5.97 Å². The summed E-state index contributed by atoms with van der Waals surface area (Å²) in [7, 11) is -2.84. The van der Waals surface area contributed by atoms with Crippen LogP contribution in [0, 0.1) is 0 Å². The molecule has 4 aromatic rings. The van der Waals surface area contributed by atoms with Crippen LogP contribution in [0.3, 0.4) is 0 Å². The maximum atomic E-state index is 13.2. The molecule has 2 N–H and O–H groups in total. The molecule has 0 aliphatic carbocycles. The molecular weight excluding hydrogens is 554 g/mol. The maximum absolute atomic E-state index is 13.2. The van der Waals surface area contributed by atoms with Crippen molar-refractivity contribution in [3.8, 4) is 0 Å². The molecule has 0 bridgehead atoms. The van der Waals surface area contributed by atoms with E-state index in [0.29, 0.717) is 18.8 Å². The summed E-state index contributed by atoms with van der Waals surface area (Å²) in [6, 6.07) is 38.9. The lowest BCUT2D eigenvalue weighted by atomic mass is 10.1. The lowest BCUT2D eigenvalue weighted by Crippen LogP contribution is -2.67. The molecule has 4 aromatic carbocycles. The van der Waals surface area contributed by atoms with Crippen LogP contribution in [-0.2, 0) is 20.5 Å². The van der Waals surface area contributed by atoms with Crippen LogP contribution < -0.4 is 15.7 Å². The summed E-state index contributed by atoms with van der Waals surface area (Å²) in [6.07, 6.45) is -1.27. The second kappa shape index (κ2) is 13.8. The zero-order chi connectivity index (χ0) is 30.3. The largest absolute Gasteiger partial charge is 0.454 e. The standard InChI is InChI=1S/C36H41NO5Si/c1-36(2,3)43(29-20-12-6-13-21-29,30-22-14-7-15-23-30)41-26-32-33(40-25-27-16-8-4-9-17-27)34(31(24-38)37-32)42-35(39)28-18-10-5-11-19-28/h4-23,31-34,37-38H,24-26H2,1-3H3/t31-,32+,33+,34+/m0/s1. The molecule has 0 unspecified atom stereocenters. The molecular formula is C36H41NO5Si. The van der Waals surface area contributed by atoms with Crippen LogP contribution >= 0.6 is 0 Å². The van der Waals surface area contributed by atoms with Crippen LogP contribution in [-0.4, -0.2) is 56.9 Å². The van der Waals surface area contributed by atoms with Crippen LogP contribution in [0.4, 0.5) is 0 Å². The number of ether oxygens (including phenoxy) is 2. The molecule has 6 nitrogen and oxygen atoms in total. The third kappa shape index (κ3) is 6.82. The molecule has 0 radical (unpaired) electrons. The van der Waals surface area contributed by atoms with Gasteiger partial charge in [0.2, 0.25) is 0 Å². The Kier molecular flexibility index (Phi) is 9.90. The Morgan fingerprint density at radius 3 is 1.77 bits per heavy atom. The van der Waals surface area contributed by atoms with Gasteiger partial charge < -0.3 is 24.3 Å². The van der Waals surface area contributed by atoms with Gasteiger partial charge in [-0.25, -0.2) is 4.79 Å². The smallest absolute Gasteiger partial charge is 0.338 e. The molecule has 1 aliphatic heterocycles. The number of benzene rings is 4. The molecule has 7 heteroatoms. The van der Waals surface area contributed by atoms with E-state index in [-0.39, 0.29) is 17.7 Å². The molecule has 43 heavy (non-hydrogen) atoms. The molecule has 224 valence electrons. The fourth-order valence-corrected chi connectivity index (χ4v) is 10.7. The summed E-state index contributed by atoms with van der Waals surface area (Å²) in [5.41, 5.74) is 1.46. The van der Waals surface area contributed by atoms with Gasteiger partial charge in [-0.05, 0) is 33.1 Å². The van der Waals surface area contributed by atoms with E-state index in [9.17, 15) is 9.90 Å². The molecule has 0 amide bonds. The number of nitrogens with one attached hydrogen (secondary N) is 1. The fraction of sp³-hybridized carbons (Fsp3) is 0.306. The highest BCUT2D eigenvalue weighted by Crippen LogP contribution is 2.37. The third-order valence-electron chi connectivity index (χ3n) is 8.18. The number of hydrogen-bond acceptors (Lipinski definition) is 6. The molecule has 0 saturated carbocycles. The molecule has 1 fully saturated rings. The van der Waals surface area contributed by atoms with E-state index in [2.05, 4.69) is 74.6 Å². The van der Waals surface area contributed by atoms with E-state index < -0.39 is 32.5 Å². The second-order valence-electron chi connectivity index (χ2n) is 12.0. The minimum absolute atomic E-state index is 0.204. The molecule has 1 aliphatic rings. The highest BCUT2D eigenvalue weighted by Gasteiger charge is 2.52. The normalized spacial score (nSPS) is 20.6. The quantitative estimate of drug-likeness (QED) is 0.193. The first-order valence-electron chi connectivity index (χ1n) is 14.9. The fourth-order valence-electron chi connectivity index (χ4n) is 6.09. The molecule has 0 spiro atoms. The lowest BCUT2D eigenvalue weighted by molar-refractivity contribution is -0.0600. The van der Waals surface area contributed by atoms with Crippen molar-refractivity contribution < 1.29 is 23.8 Å². The predicted molar refractivity (Wildman–Crippen MR) is 172 cm³/mol. The summed E-state index contributed by atoms with van der Waals surface area (Å²) in [4.78, 5) is 13.2. The molecule has 4 atom stereocenters. The number of rotatable bonds is 11. The summed E-state index contributed by atoms with van der Waals surface area (Å²) < 4.78 is 19.8. The van der Waals surface area contributed by atoms with Crippen molar-refractivity contribution >= 4 is 24.7 Å². The average Bonchev–Trinajstić information content (AvgIpc) is 3.37. The van der Waals surface area contributed by atoms with Crippen LogP contribution in [0.15, 0.2) is 121 Å².